The number of carbonyl (C=O) groups is 1. The molecule has 84 valence electrons. The molecule has 0 aliphatic heterocycles. The molecule has 0 radical (unpaired) electrons. The van der Waals surface area contributed by atoms with Crippen molar-refractivity contribution in [3.05, 3.63) is 65.7 Å². The lowest BCUT2D eigenvalue weighted by atomic mass is 9.97. The largest absolute Gasteiger partial charge is 0.299 e. The zero-order chi connectivity index (χ0) is 12.1. The van der Waals surface area contributed by atoms with Crippen molar-refractivity contribution < 1.29 is 4.79 Å². The summed E-state index contributed by atoms with van der Waals surface area (Å²) in [4.78, 5) is 10.4. The van der Waals surface area contributed by atoms with Crippen LogP contribution in [0, 0.1) is 6.92 Å². The molecule has 2 rings (SSSR count). The minimum absolute atomic E-state index is 0.800. The Hall–Kier alpha value is -2.15. The summed E-state index contributed by atoms with van der Waals surface area (Å²) >= 11 is 0. The second-order valence-electron chi connectivity index (χ2n) is 3.95. The summed E-state index contributed by atoms with van der Waals surface area (Å²) in [7, 11) is 0. The third-order valence-electron chi connectivity index (χ3n) is 2.65. The van der Waals surface area contributed by atoms with E-state index >= 15 is 0 Å². The predicted molar refractivity (Wildman–Crippen MR) is 71.7 cm³/mol. The molecule has 0 aromatic heterocycles. The van der Waals surface area contributed by atoms with Gasteiger partial charge in [-0.15, -0.1) is 0 Å². The van der Waals surface area contributed by atoms with E-state index in [1.54, 1.807) is 0 Å². The van der Waals surface area contributed by atoms with Crippen LogP contribution in [0.15, 0.2) is 54.6 Å². The summed E-state index contributed by atoms with van der Waals surface area (Å²) in [5, 5.41) is 0. The first-order valence-electron chi connectivity index (χ1n) is 5.59. The Balaban J connectivity index is 2.54. The number of aryl methyl sites for hydroxylation is 1. The molecule has 2 aromatic rings. The molecule has 1 nitrogen and oxygen atoms in total. The van der Waals surface area contributed by atoms with Gasteiger partial charge in [-0.1, -0.05) is 60.2 Å². The van der Waals surface area contributed by atoms with Crippen LogP contribution in [0.2, 0.25) is 0 Å². The quantitative estimate of drug-likeness (QED) is 0.569. The number of hydrogen-bond acceptors (Lipinski definition) is 1. The van der Waals surface area contributed by atoms with Gasteiger partial charge in [-0.2, -0.15) is 0 Å². The van der Waals surface area contributed by atoms with Crippen LogP contribution in [0.1, 0.15) is 11.1 Å². The molecule has 0 aliphatic carbocycles. The standard InChI is InChI=1S/C16H14O/c1-13-9-10-15(8-5-11-17)16(12-13)14-6-3-2-4-7-14/h2-12H,1H3. The molecule has 0 amide bonds. The normalized spacial score (nSPS) is 10.6. The van der Waals surface area contributed by atoms with Crippen LogP contribution in [-0.2, 0) is 4.79 Å². The topological polar surface area (TPSA) is 17.1 Å². The molecule has 0 unspecified atom stereocenters. The molecule has 2 aromatic carbocycles. The monoisotopic (exact) mass is 222 g/mol. The molecule has 0 atom stereocenters. The Bertz CT molecular complexity index is 539. The highest BCUT2D eigenvalue weighted by Crippen LogP contribution is 2.25. The van der Waals surface area contributed by atoms with E-state index in [0.29, 0.717) is 0 Å². The average Bonchev–Trinajstić information content (AvgIpc) is 2.38. The summed E-state index contributed by atoms with van der Waals surface area (Å²) in [6.45, 7) is 2.07. The van der Waals surface area contributed by atoms with Crippen molar-refractivity contribution in [2.75, 3.05) is 0 Å². The third kappa shape index (κ3) is 2.70. The van der Waals surface area contributed by atoms with Gasteiger partial charge in [-0.3, -0.25) is 4.79 Å². The first-order chi connectivity index (χ1) is 8.31. The van der Waals surface area contributed by atoms with Crippen molar-refractivity contribution in [1.82, 2.24) is 0 Å². The smallest absolute Gasteiger partial charge is 0.142 e. The number of carbonyl (C=O) groups excluding carboxylic acids is 1. The highest BCUT2D eigenvalue weighted by Gasteiger charge is 2.02. The van der Waals surface area contributed by atoms with E-state index < -0.39 is 0 Å². The number of aldehydes is 1. The summed E-state index contributed by atoms with van der Waals surface area (Å²) < 4.78 is 0. The lowest BCUT2D eigenvalue weighted by Crippen LogP contribution is -1.85. The number of allylic oxidation sites excluding steroid dienone is 1. The molecular formula is C16H14O. The fourth-order valence-electron chi connectivity index (χ4n) is 1.83. The summed E-state index contributed by atoms with van der Waals surface area (Å²) in [6, 6.07) is 16.4. The Labute approximate surface area is 101 Å². The Morgan fingerprint density at radius 3 is 2.47 bits per heavy atom. The third-order valence-corrected chi connectivity index (χ3v) is 2.65. The van der Waals surface area contributed by atoms with Gasteiger partial charge in [0.2, 0.25) is 0 Å². The van der Waals surface area contributed by atoms with Gasteiger partial charge in [0.25, 0.3) is 0 Å². The van der Waals surface area contributed by atoms with Crippen molar-refractivity contribution in [2.24, 2.45) is 0 Å². The summed E-state index contributed by atoms with van der Waals surface area (Å²) in [5.74, 6) is 0. The maximum Gasteiger partial charge on any atom is 0.142 e. The number of hydrogen-bond donors (Lipinski definition) is 0. The maximum absolute atomic E-state index is 10.4. The SMILES string of the molecule is Cc1ccc(C=CC=O)c(-c2ccccc2)c1. The Morgan fingerprint density at radius 1 is 1.00 bits per heavy atom. The van der Waals surface area contributed by atoms with Gasteiger partial charge >= 0.3 is 0 Å². The molecule has 0 aliphatic rings. The zero-order valence-corrected chi connectivity index (χ0v) is 9.76. The van der Waals surface area contributed by atoms with E-state index in [1.165, 1.54) is 17.2 Å². The van der Waals surface area contributed by atoms with Gasteiger partial charge in [0.05, 0.1) is 0 Å². The first kappa shape index (κ1) is 11.3. The molecule has 1 heteroatoms. The zero-order valence-electron chi connectivity index (χ0n) is 9.76. The molecule has 17 heavy (non-hydrogen) atoms. The molecule has 0 bridgehead atoms. The molecule has 0 fully saturated rings. The average molecular weight is 222 g/mol. The van der Waals surface area contributed by atoms with Gasteiger partial charge in [-0.05, 0) is 29.7 Å². The van der Waals surface area contributed by atoms with Gasteiger partial charge in [0, 0.05) is 0 Å². The fraction of sp³-hybridized carbons (Fsp3) is 0.0625. The Morgan fingerprint density at radius 2 is 1.76 bits per heavy atom. The second kappa shape index (κ2) is 5.26. The Kier molecular flexibility index (Phi) is 3.51. The van der Waals surface area contributed by atoms with E-state index in [-0.39, 0.29) is 0 Å². The number of rotatable bonds is 3. The summed E-state index contributed by atoms with van der Waals surface area (Å²) in [6.07, 6.45) is 4.17. The lowest BCUT2D eigenvalue weighted by Gasteiger charge is -2.07. The van der Waals surface area contributed by atoms with Crippen LogP contribution in [0.4, 0.5) is 0 Å². The molecule has 0 saturated heterocycles. The second-order valence-corrected chi connectivity index (χ2v) is 3.95. The van der Waals surface area contributed by atoms with Gasteiger partial charge in [0.15, 0.2) is 0 Å². The highest BCUT2D eigenvalue weighted by molar-refractivity contribution is 5.81. The van der Waals surface area contributed by atoms with Crippen LogP contribution in [0.25, 0.3) is 17.2 Å². The van der Waals surface area contributed by atoms with Crippen molar-refractivity contribution in [1.29, 1.82) is 0 Å². The minimum Gasteiger partial charge on any atom is -0.299 e. The first-order valence-corrected chi connectivity index (χ1v) is 5.59. The molecule has 0 spiro atoms. The van der Waals surface area contributed by atoms with Crippen LogP contribution < -0.4 is 0 Å². The van der Waals surface area contributed by atoms with Crippen LogP contribution in [0.5, 0.6) is 0 Å². The molecular weight excluding hydrogens is 208 g/mol. The van der Waals surface area contributed by atoms with Crippen LogP contribution in [0.3, 0.4) is 0 Å². The highest BCUT2D eigenvalue weighted by atomic mass is 16.1. The number of benzene rings is 2. The maximum atomic E-state index is 10.4. The molecule has 0 N–H and O–H groups in total. The van der Waals surface area contributed by atoms with Crippen molar-refractivity contribution in [3.63, 3.8) is 0 Å². The van der Waals surface area contributed by atoms with Crippen molar-refractivity contribution in [3.8, 4) is 11.1 Å². The fourth-order valence-corrected chi connectivity index (χ4v) is 1.83. The summed E-state index contributed by atoms with van der Waals surface area (Å²) in [5.41, 5.74) is 4.60. The van der Waals surface area contributed by atoms with Crippen LogP contribution >= 0.6 is 0 Å². The minimum atomic E-state index is 0.800. The van der Waals surface area contributed by atoms with Crippen molar-refractivity contribution in [2.45, 2.75) is 6.92 Å². The van der Waals surface area contributed by atoms with E-state index in [4.69, 9.17) is 0 Å². The predicted octanol–water partition coefficient (Wildman–Crippen LogP) is 3.87. The van der Waals surface area contributed by atoms with E-state index in [2.05, 4.69) is 31.2 Å². The molecule has 0 saturated carbocycles. The molecule has 0 heterocycles. The van der Waals surface area contributed by atoms with Crippen LogP contribution in [-0.4, -0.2) is 6.29 Å². The van der Waals surface area contributed by atoms with Gasteiger partial charge < -0.3 is 0 Å². The van der Waals surface area contributed by atoms with E-state index in [9.17, 15) is 4.79 Å². The van der Waals surface area contributed by atoms with E-state index in [0.717, 1.165) is 17.4 Å². The lowest BCUT2D eigenvalue weighted by molar-refractivity contribution is -0.104. The van der Waals surface area contributed by atoms with Gasteiger partial charge in [0.1, 0.15) is 6.29 Å². The van der Waals surface area contributed by atoms with Crippen molar-refractivity contribution >= 4 is 12.4 Å². The van der Waals surface area contributed by atoms with Gasteiger partial charge in [-0.25, -0.2) is 0 Å². The van der Waals surface area contributed by atoms with E-state index in [1.807, 2.05) is 30.3 Å².